The topological polar surface area (TPSA) is 50.8 Å². The predicted octanol–water partition coefficient (Wildman–Crippen LogP) is 2.47. The summed E-state index contributed by atoms with van der Waals surface area (Å²) in [6.45, 7) is 7.76. The van der Waals surface area contributed by atoms with Crippen LogP contribution in [-0.4, -0.2) is 44.2 Å². The van der Waals surface area contributed by atoms with Crippen molar-refractivity contribution in [3.05, 3.63) is 0 Å². The minimum absolute atomic E-state index is 0. The van der Waals surface area contributed by atoms with E-state index in [9.17, 15) is 0 Å². The van der Waals surface area contributed by atoms with Crippen molar-refractivity contribution in [2.24, 2.45) is 16.1 Å². The first kappa shape index (κ1) is 18.0. The van der Waals surface area contributed by atoms with Crippen LogP contribution in [0.5, 0.6) is 0 Å². The van der Waals surface area contributed by atoms with Crippen LogP contribution in [0.25, 0.3) is 0 Å². The molecule has 1 rings (SSSR count). The Morgan fingerprint density at radius 1 is 1.33 bits per heavy atom. The van der Waals surface area contributed by atoms with Gasteiger partial charge in [-0.25, -0.2) is 0 Å². The number of hydrogen-bond acceptors (Lipinski definition) is 2. The Morgan fingerprint density at radius 2 is 1.94 bits per heavy atom. The van der Waals surface area contributed by atoms with Gasteiger partial charge in [-0.15, -0.1) is 24.0 Å². The van der Waals surface area contributed by atoms with Crippen LogP contribution < -0.4 is 5.73 Å². The van der Waals surface area contributed by atoms with Gasteiger partial charge in [-0.2, -0.15) is 0 Å². The zero-order valence-electron chi connectivity index (χ0n) is 11.9. The summed E-state index contributed by atoms with van der Waals surface area (Å²) in [4.78, 5) is 6.68. The van der Waals surface area contributed by atoms with Crippen molar-refractivity contribution in [1.29, 1.82) is 0 Å². The van der Waals surface area contributed by atoms with Crippen LogP contribution in [-0.2, 0) is 4.74 Å². The van der Waals surface area contributed by atoms with Crippen molar-refractivity contribution >= 4 is 29.9 Å². The van der Waals surface area contributed by atoms with Gasteiger partial charge < -0.3 is 15.4 Å². The first-order valence-electron chi connectivity index (χ1n) is 6.71. The molecule has 0 aromatic rings. The third kappa shape index (κ3) is 4.91. The lowest BCUT2D eigenvalue weighted by atomic mass is 9.67. The summed E-state index contributed by atoms with van der Waals surface area (Å²) in [5.41, 5.74) is 6.37. The molecule has 0 aromatic heterocycles. The van der Waals surface area contributed by atoms with Gasteiger partial charge in [0, 0.05) is 33.4 Å². The normalized spacial score (nSPS) is 17.8. The van der Waals surface area contributed by atoms with Crippen LogP contribution in [0.3, 0.4) is 0 Å². The maximum Gasteiger partial charge on any atom is 0.191 e. The van der Waals surface area contributed by atoms with Crippen molar-refractivity contribution in [2.75, 3.05) is 33.4 Å². The number of aliphatic imine (C=N–C) groups is 1. The number of nitrogens with two attached hydrogens (primary N) is 1. The molecule has 5 heteroatoms. The molecule has 18 heavy (non-hydrogen) atoms. The summed E-state index contributed by atoms with van der Waals surface area (Å²) in [7, 11) is 1.76. The third-order valence-electron chi connectivity index (χ3n) is 3.91. The van der Waals surface area contributed by atoms with Gasteiger partial charge in [0.25, 0.3) is 0 Å². The van der Waals surface area contributed by atoms with E-state index in [4.69, 9.17) is 10.5 Å². The van der Waals surface area contributed by atoms with Gasteiger partial charge in [0.05, 0.1) is 0 Å². The van der Waals surface area contributed by atoms with Crippen molar-refractivity contribution in [3.63, 3.8) is 0 Å². The van der Waals surface area contributed by atoms with Gasteiger partial charge in [-0.3, -0.25) is 4.99 Å². The molecule has 0 bridgehead atoms. The summed E-state index contributed by atoms with van der Waals surface area (Å²) in [5, 5.41) is 0. The Balaban J connectivity index is 0.00000289. The van der Waals surface area contributed by atoms with E-state index in [1.807, 2.05) is 0 Å². The highest BCUT2D eigenvalue weighted by Crippen LogP contribution is 2.44. The molecule has 0 atom stereocenters. The van der Waals surface area contributed by atoms with E-state index >= 15 is 0 Å². The van der Waals surface area contributed by atoms with Crippen molar-refractivity contribution < 1.29 is 4.74 Å². The lowest BCUT2D eigenvalue weighted by molar-refractivity contribution is 0.0777. The maximum atomic E-state index is 6.00. The van der Waals surface area contributed by atoms with Crippen LogP contribution in [0.1, 0.15) is 39.5 Å². The Kier molecular flexibility index (Phi) is 8.94. The smallest absolute Gasteiger partial charge is 0.191 e. The highest BCUT2D eigenvalue weighted by Gasteiger charge is 2.36. The standard InChI is InChI=1S/C13H27N3O.HI/c1-4-16(5-2)12(14)15-11-13(7-6-8-13)9-10-17-3;/h4-11H2,1-3H3,(H2,14,15);1H. The van der Waals surface area contributed by atoms with E-state index in [-0.39, 0.29) is 24.0 Å². The molecular formula is C13H28IN3O. The molecule has 108 valence electrons. The first-order chi connectivity index (χ1) is 8.17. The van der Waals surface area contributed by atoms with Gasteiger partial charge in [0.1, 0.15) is 0 Å². The van der Waals surface area contributed by atoms with E-state index in [0.29, 0.717) is 11.4 Å². The molecule has 1 fully saturated rings. The largest absolute Gasteiger partial charge is 0.385 e. The van der Waals surface area contributed by atoms with Crippen LogP contribution in [0.4, 0.5) is 0 Å². The molecule has 4 nitrogen and oxygen atoms in total. The zero-order valence-corrected chi connectivity index (χ0v) is 14.3. The number of ether oxygens (including phenoxy) is 1. The average Bonchev–Trinajstić information content (AvgIpc) is 2.29. The Morgan fingerprint density at radius 3 is 2.33 bits per heavy atom. The fourth-order valence-corrected chi connectivity index (χ4v) is 2.38. The number of rotatable bonds is 7. The number of guanidine groups is 1. The summed E-state index contributed by atoms with van der Waals surface area (Å²) in [5.74, 6) is 0.693. The first-order valence-corrected chi connectivity index (χ1v) is 6.71. The van der Waals surface area contributed by atoms with Gasteiger partial charge in [0.15, 0.2) is 5.96 Å². The van der Waals surface area contributed by atoms with E-state index in [1.54, 1.807) is 7.11 Å². The van der Waals surface area contributed by atoms with E-state index in [1.165, 1.54) is 19.3 Å². The molecule has 0 aromatic carbocycles. The number of halogens is 1. The van der Waals surface area contributed by atoms with Crippen LogP contribution in [0.15, 0.2) is 4.99 Å². The fourth-order valence-electron chi connectivity index (χ4n) is 2.38. The highest BCUT2D eigenvalue weighted by molar-refractivity contribution is 14.0. The molecule has 0 amide bonds. The third-order valence-corrected chi connectivity index (χ3v) is 3.91. The van der Waals surface area contributed by atoms with Gasteiger partial charge >= 0.3 is 0 Å². The number of hydrogen-bond donors (Lipinski definition) is 1. The van der Waals surface area contributed by atoms with E-state index in [0.717, 1.165) is 32.7 Å². The second-order valence-electron chi connectivity index (χ2n) is 4.94. The SMILES string of the molecule is CCN(CC)C(N)=NCC1(CCOC)CCC1.I. The molecule has 0 heterocycles. The quantitative estimate of drug-likeness (QED) is 0.426. The Labute approximate surface area is 128 Å². The van der Waals surface area contributed by atoms with Gasteiger partial charge in [-0.1, -0.05) is 6.42 Å². The monoisotopic (exact) mass is 369 g/mol. The minimum atomic E-state index is 0. The van der Waals surface area contributed by atoms with Crippen molar-refractivity contribution in [3.8, 4) is 0 Å². The molecule has 0 aliphatic heterocycles. The molecule has 2 N–H and O–H groups in total. The van der Waals surface area contributed by atoms with Crippen molar-refractivity contribution in [1.82, 2.24) is 4.90 Å². The van der Waals surface area contributed by atoms with Gasteiger partial charge in [0.2, 0.25) is 0 Å². The molecule has 1 aliphatic carbocycles. The Bertz CT molecular complexity index is 251. The molecule has 1 aliphatic rings. The van der Waals surface area contributed by atoms with Crippen LogP contribution in [0, 0.1) is 5.41 Å². The molecular weight excluding hydrogens is 341 g/mol. The lowest BCUT2D eigenvalue weighted by Gasteiger charge is -2.41. The second kappa shape index (κ2) is 8.96. The van der Waals surface area contributed by atoms with Crippen LogP contribution >= 0.6 is 24.0 Å². The second-order valence-corrected chi connectivity index (χ2v) is 4.94. The molecule has 0 saturated heterocycles. The molecule has 0 radical (unpaired) electrons. The predicted molar refractivity (Wildman–Crippen MR) is 87.6 cm³/mol. The summed E-state index contributed by atoms with van der Waals surface area (Å²) >= 11 is 0. The van der Waals surface area contributed by atoms with Crippen molar-refractivity contribution in [2.45, 2.75) is 39.5 Å². The molecule has 0 unspecified atom stereocenters. The summed E-state index contributed by atoms with van der Waals surface area (Å²) < 4.78 is 5.18. The van der Waals surface area contributed by atoms with Gasteiger partial charge in [-0.05, 0) is 38.5 Å². The lowest BCUT2D eigenvalue weighted by Crippen LogP contribution is -2.40. The maximum absolute atomic E-state index is 6.00. The highest BCUT2D eigenvalue weighted by atomic mass is 127. The zero-order chi connectivity index (χ0) is 12.7. The van der Waals surface area contributed by atoms with Crippen LogP contribution in [0.2, 0.25) is 0 Å². The fraction of sp³-hybridized carbons (Fsp3) is 0.923. The molecule has 1 saturated carbocycles. The summed E-state index contributed by atoms with van der Waals surface area (Å²) in [6.07, 6.45) is 4.97. The molecule has 0 spiro atoms. The van der Waals surface area contributed by atoms with E-state index in [2.05, 4.69) is 23.7 Å². The average molecular weight is 369 g/mol. The Hall–Kier alpha value is -0.0400. The summed E-state index contributed by atoms with van der Waals surface area (Å²) in [6, 6.07) is 0. The van der Waals surface area contributed by atoms with E-state index < -0.39 is 0 Å². The number of methoxy groups -OCH3 is 1. The minimum Gasteiger partial charge on any atom is -0.385 e. The number of nitrogens with zero attached hydrogens (tertiary/aromatic N) is 2.